The van der Waals surface area contributed by atoms with Crippen LogP contribution in [0.5, 0.6) is 0 Å². The molecule has 3 nitrogen and oxygen atoms in total. The summed E-state index contributed by atoms with van der Waals surface area (Å²) < 4.78 is 11.9. The second-order valence-electron chi connectivity index (χ2n) is 6.54. The van der Waals surface area contributed by atoms with Crippen LogP contribution in [0.3, 0.4) is 0 Å². The van der Waals surface area contributed by atoms with E-state index in [2.05, 4.69) is 5.32 Å². The molecule has 1 saturated heterocycles. The van der Waals surface area contributed by atoms with Crippen molar-refractivity contribution >= 4 is 0 Å². The third-order valence-electron chi connectivity index (χ3n) is 5.37. The van der Waals surface area contributed by atoms with Gasteiger partial charge in [0.1, 0.15) is 0 Å². The molecule has 2 aliphatic carbocycles. The minimum Gasteiger partial charge on any atom is -0.377 e. The van der Waals surface area contributed by atoms with Crippen molar-refractivity contribution in [3.63, 3.8) is 0 Å². The van der Waals surface area contributed by atoms with Crippen LogP contribution in [-0.2, 0) is 9.47 Å². The predicted molar refractivity (Wildman–Crippen MR) is 71.8 cm³/mol. The highest BCUT2D eigenvalue weighted by atomic mass is 16.5. The van der Waals surface area contributed by atoms with Gasteiger partial charge in [0, 0.05) is 20.2 Å². The summed E-state index contributed by atoms with van der Waals surface area (Å²) in [6.45, 7) is 2.00. The highest BCUT2D eigenvalue weighted by Gasteiger charge is 2.42. The smallest absolute Gasteiger partial charge is 0.0802 e. The number of ether oxygens (including phenoxy) is 2. The van der Waals surface area contributed by atoms with Crippen LogP contribution in [0.2, 0.25) is 0 Å². The van der Waals surface area contributed by atoms with E-state index in [1.807, 2.05) is 7.11 Å². The van der Waals surface area contributed by atoms with Gasteiger partial charge in [0.15, 0.2) is 0 Å². The van der Waals surface area contributed by atoms with E-state index in [-0.39, 0.29) is 11.2 Å². The molecule has 0 radical (unpaired) electrons. The molecule has 1 heterocycles. The largest absolute Gasteiger partial charge is 0.377 e. The van der Waals surface area contributed by atoms with Gasteiger partial charge < -0.3 is 14.8 Å². The molecular weight excluding hydrogens is 226 g/mol. The monoisotopic (exact) mass is 253 g/mol. The van der Waals surface area contributed by atoms with E-state index >= 15 is 0 Å². The van der Waals surface area contributed by atoms with Crippen molar-refractivity contribution in [2.75, 3.05) is 20.2 Å². The molecule has 0 aromatic rings. The zero-order valence-corrected chi connectivity index (χ0v) is 11.7. The number of methoxy groups -OCH3 is 1. The molecule has 1 aliphatic heterocycles. The molecule has 1 atom stereocenters. The average molecular weight is 253 g/mol. The molecular formula is C15H27NO2. The van der Waals surface area contributed by atoms with Crippen molar-refractivity contribution < 1.29 is 9.47 Å². The zero-order valence-electron chi connectivity index (χ0n) is 11.7. The van der Waals surface area contributed by atoms with Crippen LogP contribution in [-0.4, -0.2) is 37.5 Å². The molecule has 0 amide bonds. The van der Waals surface area contributed by atoms with Crippen LogP contribution in [0.25, 0.3) is 0 Å². The molecule has 18 heavy (non-hydrogen) atoms. The third-order valence-corrected chi connectivity index (χ3v) is 5.37. The standard InChI is InChI=1S/C15H27NO2/c1-17-15(8-4-9-15)12-16-11-13-5-10-14(18-13)6-2-3-7-14/h13,16H,2-12H2,1H3. The maximum absolute atomic E-state index is 6.31. The van der Waals surface area contributed by atoms with Gasteiger partial charge in [0.2, 0.25) is 0 Å². The Hall–Kier alpha value is -0.120. The van der Waals surface area contributed by atoms with E-state index in [0.717, 1.165) is 13.1 Å². The van der Waals surface area contributed by atoms with E-state index in [4.69, 9.17) is 9.47 Å². The maximum Gasteiger partial charge on any atom is 0.0802 e. The minimum absolute atomic E-state index is 0.143. The van der Waals surface area contributed by atoms with E-state index in [1.54, 1.807) is 0 Å². The molecule has 1 N–H and O–H groups in total. The molecule has 3 rings (SSSR count). The number of hydrogen-bond donors (Lipinski definition) is 1. The number of rotatable bonds is 5. The molecule has 0 aromatic carbocycles. The predicted octanol–water partition coefficient (Wildman–Crippen LogP) is 2.64. The lowest BCUT2D eigenvalue weighted by molar-refractivity contribution is -0.0739. The molecule has 0 aromatic heterocycles. The first-order valence-electron chi connectivity index (χ1n) is 7.70. The fourth-order valence-electron chi connectivity index (χ4n) is 3.91. The molecule has 3 heteroatoms. The van der Waals surface area contributed by atoms with Crippen molar-refractivity contribution in [2.24, 2.45) is 0 Å². The van der Waals surface area contributed by atoms with Crippen LogP contribution in [0.1, 0.15) is 57.8 Å². The number of hydrogen-bond acceptors (Lipinski definition) is 3. The summed E-state index contributed by atoms with van der Waals surface area (Å²) in [4.78, 5) is 0. The lowest BCUT2D eigenvalue weighted by Gasteiger charge is -2.40. The Balaban J connectivity index is 1.39. The molecule has 1 spiro atoms. The molecule has 104 valence electrons. The Morgan fingerprint density at radius 2 is 1.89 bits per heavy atom. The van der Waals surface area contributed by atoms with Gasteiger partial charge in [0.05, 0.1) is 17.3 Å². The lowest BCUT2D eigenvalue weighted by Crippen LogP contribution is -2.49. The summed E-state index contributed by atoms with van der Waals surface area (Å²) in [6.07, 6.45) is 12.0. The van der Waals surface area contributed by atoms with Crippen LogP contribution < -0.4 is 5.32 Å². The summed E-state index contributed by atoms with van der Waals surface area (Å²) in [5.74, 6) is 0. The van der Waals surface area contributed by atoms with Crippen molar-refractivity contribution in [3.8, 4) is 0 Å². The molecule has 1 unspecified atom stereocenters. The van der Waals surface area contributed by atoms with E-state index < -0.39 is 0 Å². The minimum atomic E-state index is 0.143. The van der Waals surface area contributed by atoms with Crippen molar-refractivity contribution in [1.29, 1.82) is 0 Å². The Bertz CT molecular complexity index is 277. The topological polar surface area (TPSA) is 30.5 Å². The van der Waals surface area contributed by atoms with Crippen LogP contribution in [0.15, 0.2) is 0 Å². The number of nitrogens with one attached hydrogen (secondary N) is 1. The fourth-order valence-corrected chi connectivity index (χ4v) is 3.91. The van der Waals surface area contributed by atoms with Gasteiger partial charge in [-0.15, -0.1) is 0 Å². The quantitative estimate of drug-likeness (QED) is 0.817. The van der Waals surface area contributed by atoms with E-state index in [0.29, 0.717) is 6.10 Å². The highest BCUT2D eigenvalue weighted by Crippen LogP contribution is 2.43. The van der Waals surface area contributed by atoms with Gasteiger partial charge in [0.25, 0.3) is 0 Å². The summed E-state index contributed by atoms with van der Waals surface area (Å²) in [5, 5.41) is 3.58. The van der Waals surface area contributed by atoms with Crippen molar-refractivity contribution in [1.82, 2.24) is 5.32 Å². The fraction of sp³-hybridized carbons (Fsp3) is 1.00. The Morgan fingerprint density at radius 3 is 2.50 bits per heavy atom. The first kappa shape index (κ1) is 12.9. The summed E-state index contributed by atoms with van der Waals surface area (Å²) in [6, 6.07) is 0. The van der Waals surface area contributed by atoms with E-state index in [9.17, 15) is 0 Å². The SMILES string of the molecule is COC1(CNCC2CCC3(CCCC3)O2)CCC1. The second-order valence-corrected chi connectivity index (χ2v) is 6.54. The van der Waals surface area contributed by atoms with Gasteiger partial charge in [-0.3, -0.25) is 0 Å². The maximum atomic E-state index is 6.31. The van der Waals surface area contributed by atoms with Gasteiger partial charge >= 0.3 is 0 Å². The van der Waals surface area contributed by atoms with Crippen molar-refractivity contribution in [3.05, 3.63) is 0 Å². The Morgan fingerprint density at radius 1 is 1.11 bits per heavy atom. The third kappa shape index (κ3) is 2.45. The average Bonchev–Trinajstić information content (AvgIpc) is 2.94. The van der Waals surface area contributed by atoms with Crippen LogP contribution >= 0.6 is 0 Å². The molecule has 2 saturated carbocycles. The van der Waals surface area contributed by atoms with E-state index in [1.165, 1.54) is 57.8 Å². The molecule has 0 bridgehead atoms. The first-order chi connectivity index (χ1) is 8.76. The van der Waals surface area contributed by atoms with Crippen LogP contribution in [0.4, 0.5) is 0 Å². The lowest BCUT2D eigenvalue weighted by atomic mass is 9.80. The zero-order chi connectivity index (χ0) is 12.5. The van der Waals surface area contributed by atoms with Gasteiger partial charge in [-0.1, -0.05) is 12.8 Å². The van der Waals surface area contributed by atoms with Gasteiger partial charge in [-0.25, -0.2) is 0 Å². The summed E-state index contributed by atoms with van der Waals surface area (Å²) in [5.41, 5.74) is 0.422. The summed E-state index contributed by atoms with van der Waals surface area (Å²) >= 11 is 0. The van der Waals surface area contributed by atoms with Crippen LogP contribution in [0, 0.1) is 0 Å². The Labute approximate surface area is 111 Å². The van der Waals surface area contributed by atoms with Gasteiger partial charge in [-0.2, -0.15) is 0 Å². The van der Waals surface area contributed by atoms with Crippen molar-refractivity contribution in [2.45, 2.75) is 75.1 Å². The first-order valence-corrected chi connectivity index (χ1v) is 7.70. The Kier molecular flexibility index (Phi) is 3.65. The van der Waals surface area contributed by atoms with Gasteiger partial charge in [-0.05, 0) is 44.9 Å². The normalized spacial score (nSPS) is 32.8. The summed E-state index contributed by atoms with van der Waals surface area (Å²) in [7, 11) is 1.85. The highest BCUT2D eigenvalue weighted by molar-refractivity contribution is 4.95. The second kappa shape index (κ2) is 5.10. The molecule has 3 fully saturated rings. The molecule has 3 aliphatic rings.